The quantitative estimate of drug-likeness (QED) is 0.383. The number of aliphatic hydroxyl groups is 1. The fourth-order valence-electron chi connectivity index (χ4n) is 0.191. The molecule has 0 heterocycles. The van der Waals surface area contributed by atoms with Crippen molar-refractivity contribution in [3.8, 4) is 0 Å². The van der Waals surface area contributed by atoms with Gasteiger partial charge in [-0.05, 0) is 0 Å². The molecule has 0 fully saturated rings. The molecule has 1 unspecified atom stereocenters. The van der Waals surface area contributed by atoms with Gasteiger partial charge in [-0.25, -0.2) is 0 Å². The molecule has 1 atom stereocenters. The fraction of sp³-hybridized carbons (Fsp3) is 1.00. The van der Waals surface area contributed by atoms with Crippen molar-refractivity contribution < 1.29 is 5.11 Å². The first-order valence-electron chi connectivity index (χ1n) is 1.98. The molecule has 0 aromatic rings. The Hall–Kier alpha value is 0.360. The van der Waals surface area contributed by atoms with Crippen molar-refractivity contribution in [2.75, 3.05) is 12.0 Å². The molecular formula is C3H9BrN2O. The molecule has 0 saturated carbocycles. The highest BCUT2D eigenvalue weighted by Gasteiger charge is 1.93. The number of nitrogens with one attached hydrogen (secondary N) is 1. The van der Waals surface area contributed by atoms with E-state index in [0.29, 0.717) is 12.0 Å². The van der Waals surface area contributed by atoms with Crippen LogP contribution in [0.3, 0.4) is 0 Å². The number of nitrogens with two attached hydrogens (primary N) is 1. The van der Waals surface area contributed by atoms with Crippen LogP contribution in [0.5, 0.6) is 0 Å². The van der Waals surface area contributed by atoms with Crippen LogP contribution in [0.2, 0.25) is 0 Å². The third kappa shape index (κ3) is 4.21. The molecule has 0 saturated heterocycles. The number of halogens is 1. The Morgan fingerprint density at radius 2 is 2.43 bits per heavy atom. The molecule has 7 heavy (non-hydrogen) atoms. The number of rotatable bonds is 3. The lowest BCUT2D eigenvalue weighted by Crippen LogP contribution is -2.34. The Morgan fingerprint density at radius 3 is 2.57 bits per heavy atom. The van der Waals surface area contributed by atoms with Gasteiger partial charge in [0.25, 0.3) is 0 Å². The van der Waals surface area contributed by atoms with E-state index in [2.05, 4.69) is 21.2 Å². The van der Waals surface area contributed by atoms with E-state index in [9.17, 15) is 0 Å². The molecule has 0 radical (unpaired) electrons. The van der Waals surface area contributed by atoms with Crippen molar-refractivity contribution in [2.45, 2.75) is 6.23 Å². The summed E-state index contributed by atoms with van der Waals surface area (Å²) < 4.78 is 0. The first-order chi connectivity index (χ1) is 3.31. The second kappa shape index (κ2) is 4.52. The van der Waals surface area contributed by atoms with Gasteiger partial charge < -0.3 is 10.8 Å². The molecule has 4 N–H and O–H groups in total. The van der Waals surface area contributed by atoms with Crippen molar-refractivity contribution in [3.63, 3.8) is 0 Å². The molecule has 0 spiro atoms. The van der Waals surface area contributed by atoms with E-state index in [4.69, 9.17) is 10.8 Å². The molecule has 44 valence electrons. The summed E-state index contributed by atoms with van der Waals surface area (Å²) in [7, 11) is 0. The number of hydrogen-bond donors (Lipinski definition) is 3. The highest BCUT2D eigenvalue weighted by molar-refractivity contribution is 9.09. The van der Waals surface area contributed by atoms with Gasteiger partial charge in [0.2, 0.25) is 0 Å². The number of hydrogen-bond acceptors (Lipinski definition) is 3. The molecule has 0 aliphatic rings. The minimum absolute atomic E-state index is 0.312. The van der Waals surface area contributed by atoms with E-state index >= 15 is 0 Å². The summed E-state index contributed by atoms with van der Waals surface area (Å²) in [5, 5.41) is 11.7. The molecule has 0 aliphatic heterocycles. The number of aliphatic hydroxyl groups excluding tert-OH is 1. The van der Waals surface area contributed by atoms with E-state index in [1.54, 1.807) is 0 Å². The molecule has 0 aromatic carbocycles. The Kier molecular flexibility index (Phi) is 4.75. The monoisotopic (exact) mass is 168 g/mol. The largest absolute Gasteiger partial charge is 0.378 e. The first kappa shape index (κ1) is 7.36. The zero-order valence-corrected chi connectivity index (χ0v) is 5.48. The predicted molar refractivity (Wildman–Crippen MR) is 32.0 cm³/mol. The van der Waals surface area contributed by atoms with Crippen molar-refractivity contribution in [1.29, 1.82) is 0 Å². The second-order valence-corrected chi connectivity index (χ2v) is 1.73. The van der Waals surface area contributed by atoms with Gasteiger partial charge in [-0.15, -0.1) is 0 Å². The average molecular weight is 169 g/mol. The summed E-state index contributed by atoms with van der Waals surface area (Å²) in [6.45, 7) is 0.312. The van der Waals surface area contributed by atoms with Gasteiger partial charge in [0.15, 0.2) is 0 Å². The van der Waals surface area contributed by atoms with Crippen LogP contribution in [0, 0.1) is 0 Å². The third-order valence-corrected chi connectivity index (χ3v) is 1.11. The molecular weight excluding hydrogens is 160 g/mol. The first-order valence-corrected chi connectivity index (χ1v) is 3.11. The van der Waals surface area contributed by atoms with Crippen LogP contribution in [0.15, 0.2) is 0 Å². The normalized spacial score (nSPS) is 14.1. The SMILES string of the molecule is NCNC(O)CBr. The molecule has 0 aliphatic carbocycles. The second-order valence-electron chi connectivity index (χ2n) is 1.08. The molecule has 0 bridgehead atoms. The highest BCUT2D eigenvalue weighted by Crippen LogP contribution is 1.81. The molecule has 4 heteroatoms. The number of alkyl halides is 1. The van der Waals surface area contributed by atoms with Gasteiger partial charge in [0.1, 0.15) is 6.23 Å². The minimum atomic E-state index is -0.509. The molecule has 3 nitrogen and oxygen atoms in total. The van der Waals surface area contributed by atoms with Gasteiger partial charge in [-0.2, -0.15) is 0 Å². The minimum Gasteiger partial charge on any atom is -0.378 e. The third-order valence-electron chi connectivity index (χ3n) is 0.500. The van der Waals surface area contributed by atoms with Gasteiger partial charge in [-0.1, -0.05) is 15.9 Å². The zero-order valence-electron chi connectivity index (χ0n) is 3.89. The van der Waals surface area contributed by atoms with E-state index in [0.717, 1.165) is 0 Å². The lowest BCUT2D eigenvalue weighted by Gasteiger charge is -2.04. The summed E-state index contributed by atoms with van der Waals surface area (Å²) in [5.41, 5.74) is 5.01. The standard InChI is InChI=1S/C3H9BrN2O/c4-1-3(7)6-2-5/h3,6-7H,1-2,5H2. The van der Waals surface area contributed by atoms with Gasteiger partial charge in [0.05, 0.1) is 0 Å². The van der Waals surface area contributed by atoms with Crippen molar-refractivity contribution >= 4 is 15.9 Å². The van der Waals surface area contributed by atoms with Crippen LogP contribution >= 0.6 is 15.9 Å². The summed E-state index contributed by atoms with van der Waals surface area (Å²) in [6, 6.07) is 0. The summed E-state index contributed by atoms with van der Waals surface area (Å²) in [4.78, 5) is 0. The van der Waals surface area contributed by atoms with Crippen molar-refractivity contribution in [1.82, 2.24) is 5.32 Å². The van der Waals surface area contributed by atoms with Crippen LogP contribution in [0.1, 0.15) is 0 Å². The topological polar surface area (TPSA) is 58.3 Å². The molecule has 0 rings (SSSR count). The summed E-state index contributed by atoms with van der Waals surface area (Å²) in [6.07, 6.45) is -0.509. The smallest absolute Gasteiger partial charge is 0.115 e. The van der Waals surface area contributed by atoms with Gasteiger partial charge in [0, 0.05) is 12.0 Å². The maximum atomic E-state index is 8.62. The maximum absolute atomic E-state index is 8.62. The maximum Gasteiger partial charge on any atom is 0.115 e. The molecule has 0 aromatic heterocycles. The van der Waals surface area contributed by atoms with Crippen molar-refractivity contribution in [2.24, 2.45) is 5.73 Å². The van der Waals surface area contributed by atoms with E-state index in [1.807, 2.05) is 0 Å². The van der Waals surface area contributed by atoms with Crippen LogP contribution in [-0.2, 0) is 0 Å². The lowest BCUT2D eigenvalue weighted by atomic mass is 10.7. The summed E-state index contributed by atoms with van der Waals surface area (Å²) >= 11 is 3.05. The fourth-order valence-corrected chi connectivity index (χ4v) is 0.420. The Bertz CT molecular complexity index is 43.9. The Morgan fingerprint density at radius 1 is 1.86 bits per heavy atom. The van der Waals surface area contributed by atoms with E-state index in [-0.39, 0.29) is 0 Å². The van der Waals surface area contributed by atoms with Crippen LogP contribution in [0.25, 0.3) is 0 Å². The van der Waals surface area contributed by atoms with Crippen LogP contribution < -0.4 is 11.1 Å². The van der Waals surface area contributed by atoms with Gasteiger partial charge in [-0.3, -0.25) is 5.32 Å². The van der Waals surface area contributed by atoms with Crippen molar-refractivity contribution in [3.05, 3.63) is 0 Å². The Labute approximate surface area is 51.0 Å². The van der Waals surface area contributed by atoms with Gasteiger partial charge >= 0.3 is 0 Å². The van der Waals surface area contributed by atoms with Crippen LogP contribution in [0.4, 0.5) is 0 Å². The highest BCUT2D eigenvalue weighted by atomic mass is 79.9. The summed E-state index contributed by atoms with van der Waals surface area (Å²) in [5.74, 6) is 0. The molecule has 0 amide bonds. The zero-order chi connectivity index (χ0) is 5.70. The average Bonchev–Trinajstić information content (AvgIpc) is 1.68. The van der Waals surface area contributed by atoms with Crippen LogP contribution in [-0.4, -0.2) is 23.3 Å². The van der Waals surface area contributed by atoms with E-state index < -0.39 is 6.23 Å². The lowest BCUT2D eigenvalue weighted by molar-refractivity contribution is 0.164. The Balaban J connectivity index is 2.83. The predicted octanol–water partition coefficient (Wildman–Crippen LogP) is -0.794. The van der Waals surface area contributed by atoms with E-state index in [1.165, 1.54) is 0 Å².